The van der Waals surface area contributed by atoms with Gasteiger partial charge in [-0.25, -0.2) is 9.59 Å². The van der Waals surface area contributed by atoms with Crippen LogP contribution in [0.5, 0.6) is 0 Å². The Kier molecular flexibility index (Phi) is 6.62. The number of likely N-dealkylation sites (N-methyl/N-ethyl adjacent to an activating group) is 1. The first-order valence-corrected chi connectivity index (χ1v) is 5.28. The van der Waals surface area contributed by atoms with Crippen LogP contribution in [-0.2, 0) is 19.1 Å². The molecule has 0 radical (unpaired) electrons. The Morgan fingerprint density at radius 3 is 2.18 bits per heavy atom. The van der Waals surface area contributed by atoms with E-state index in [1.807, 2.05) is 13.8 Å². The van der Waals surface area contributed by atoms with Gasteiger partial charge in [0.15, 0.2) is 6.61 Å². The van der Waals surface area contributed by atoms with Gasteiger partial charge < -0.3 is 14.7 Å². The number of aliphatic carboxylic acids is 1. The van der Waals surface area contributed by atoms with Gasteiger partial charge in [0.05, 0.1) is 0 Å². The summed E-state index contributed by atoms with van der Waals surface area (Å²) in [6.45, 7) is 5.66. The topological polar surface area (TPSA) is 83.9 Å². The third-order valence-corrected chi connectivity index (χ3v) is 2.10. The summed E-state index contributed by atoms with van der Waals surface area (Å²) < 4.78 is 4.69. The smallest absolute Gasteiger partial charge is 0.334 e. The van der Waals surface area contributed by atoms with Gasteiger partial charge >= 0.3 is 11.9 Å². The van der Waals surface area contributed by atoms with Crippen molar-refractivity contribution in [3.8, 4) is 0 Å². The van der Waals surface area contributed by atoms with E-state index in [1.165, 1.54) is 11.8 Å². The Morgan fingerprint density at radius 1 is 1.24 bits per heavy atom. The minimum absolute atomic E-state index is 0.0511. The Bertz CT molecular complexity index is 331. The number of carbonyl (C=O) groups is 3. The summed E-state index contributed by atoms with van der Waals surface area (Å²) in [7, 11) is 0. The summed E-state index contributed by atoms with van der Waals surface area (Å²) in [5.74, 6) is -2.33. The number of hydrogen-bond acceptors (Lipinski definition) is 4. The zero-order chi connectivity index (χ0) is 13.4. The zero-order valence-electron chi connectivity index (χ0n) is 10.2. The molecule has 0 aliphatic rings. The highest BCUT2D eigenvalue weighted by molar-refractivity contribution is 5.96. The molecule has 17 heavy (non-hydrogen) atoms. The van der Waals surface area contributed by atoms with Crippen molar-refractivity contribution in [1.29, 1.82) is 0 Å². The fourth-order valence-electron chi connectivity index (χ4n) is 1.15. The fraction of sp³-hybridized carbons (Fsp3) is 0.545. The lowest BCUT2D eigenvalue weighted by Crippen LogP contribution is -2.34. The third kappa shape index (κ3) is 5.70. The number of amides is 1. The number of carbonyl (C=O) groups excluding carboxylic acids is 2. The molecule has 0 atom stereocenters. The van der Waals surface area contributed by atoms with Crippen LogP contribution < -0.4 is 0 Å². The minimum Gasteiger partial charge on any atom is -0.478 e. The van der Waals surface area contributed by atoms with Gasteiger partial charge in [0, 0.05) is 24.7 Å². The third-order valence-electron chi connectivity index (χ3n) is 2.10. The fourth-order valence-corrected chi connectivity index (χ4v) is 1.15. The second-order valence-corrected chi connectivity index (χ2v) is 3.31. The average Bonchev–Trinajstić information content (AvgIpc) is 2.26. The SMILES string of the molecule is CCN(CC)C(=O)COC(=O)/C(C)=C/C(=O)O. The van der Waals surface area contributed by atoms with Crippen LogP contribution in [0.1, 0.15) is 20.8 Å². The first-order chi connectivity index (χ1) is 7.92. The van der Waals surface area contributed by atoms with Crippen molar-refractivity contribution in [2.45, 2.75) is 20.8 Å². The standard InChI is InChI=1S/C11H17NO5/c1-4-12(5-2)9(13)7-17-11(16)8(3)6-10(14)15/h6H,4-5,7H2,1-3H3,(H,14,15)/b8-6+. The molecule has 0 aromatic heterocycles. The number of nitrogens with zero attached hydrogens (tertiary/aromatic N) is 1. The number of ether oxygens (including phenoxy) is 1. The van der Waals surface area contributed by atoms with Crippen LogP contribution in [0.4, 0.5) is 0 Å². The average molecular weight is 243 g/mol. The monoisotopic (exact) mass is 243 g/mol. The van der Waals surface area contributed by atoms with Gasteiger partial charge in [0.2, 0.25) is 0 Å². The van der Waals surface area contributed by atoms with E-state index in [0.717, 1.165) is 6.08 Å². The van der Waals surface area contributed by atoms with Gasteiger partial charge in [-0.15, -0.1) is 0 Å². The number of hydrogen-bond donors (Lipinski definition) is 1. The van der Waals surface area contributed by atoms with Crippen LogP contribution in [0.3, 0.4) is 0 Å². The maximum Gasteiger partial charge on any atom is 0.334 e. The molecule has 0 heterocycles. The minimum atomic E-state index is -1.23. The molecule has 6 nitrogen and oxygen atoms in total. The van der Waals surface area contributed by atoms with E-state index < -0.39 is 11.9 Å². The molecule has 0 aromatic rings. The predicted molar refractivity (Wildman–Crippen MR) is 60.3 cm³/mol. The quantitative estimate of drug-likeness (QED) is 0.540. The highest BCUT2D eigenvalue weighted by atomic mass is 16.5. The Morgan fingerprint density at radius 2 is 1.76 bits per heavy atom. The molecule has 0 saturated carbocycles. The van der Waals surface area contributed by atoms with Crippen molar-refractivity contribution in [3.05, 3.63) is 11.6 Å². The van der Waals surface area contributed by atoms with Crippen LogP contribution in [-0.4, -0.2) is 47.5 Å². The molecular weight excluding hydrogens is 226 g/mol. The molecule has 6 heteroatoms. The number of carboxylic acids is 1. The van der Waals surface area contributed by atoms with Crippen molar-refractivity contribution in [2.75, 3.05) is 19.7 Å². The van der Waals surface area contributed by atoms with Gasteiger partial charge in [-0.1, -0.05) is 0 Å². The van der Waals surface area contributed by atoms with Gasteiger partial charge in [-0.2, -0.15) is 0 Å². The molecule has 96 valence electrons. The Labute approximate surface area is 99.9 Å². The van der Waals surface area contributed by atoms with E-state index in [4.69, 9.17) is 5.11 Å². The van der Waals surface area contributed by atoms with E-state index in [-0.39, 0.29) is 18.1 Å². The van der Waals surface area contributed by atoms with Crippen molar-refractivity contribution in [1.82, 2.24) is 4.90 Å². The molecule has 0 unspecified atom stereocenters. The number of rotatable bonds is 6. The summed E-state index contributed by atoms with van der Waals surface area (Å²) >= 11 is 0. The molecule has 0 aromatic carbocycles. The first-order valence-electron chi connectivity index (χ1n) is 5.28. The second-order valence-electron chi connectivity index (χ2n) is 3.31. The van der Waals surface area contributed by atoms with Gasteiger partial charge in [-0.05, 0) is 20.8 Å². The molecule has 0 saturated heterocycles. The van der Waals surface area contributed by atoms with Crippen LogP contribution in [0.15, 0.2) is 11.6 Å². The van der Waals surface area contributed by atoms with E-state index in [1.54, 1.807) is 0 Å². The van der Waals surface area contributed by atoms with Crippen LogP contribution in [0.2, 0.25) is 0 Å². The van der Waals surface area contributed by atoms with E-state index in [2.05, 4.69) is 4.74 Å². The van der Waals surface area contributed by atoms with E-state index in [9.17, 15) is 14.4 Å². The number of esters is 1. The summed E-state index contributed by atoms with van der Waals surface area (Å²) in [5, 5.41) is 8.42. The van der Waals surface area contributed by atoms with Gasteiger partial charge in [-0.3, -0.25) is 4.79 Å². The molecule has 1 amide bonds. The summed E-state index contributed by atoms with van der Waals surface area (Å²) in [5.41, 5.74) is -0.0511. The Balaban J connectivity index is 4.25. The zero-order valence-corrected chi connectivity index (χ0v) is 10.2. The predicted octanol–water partition coefficient (Wildman–Crippen LogP) is 0.429. The molecule has 0 spiro atoms. The van der Waals surface area contributed by atoms with E-state index in [0.29, 0.717) is 13.1 Å². The normalized spacial score (nSPS) is 10.9. The lowest BCUT2D eigenvalue weighted by molar-refractivity contribution is -0.148. The maximum atomic E-state index is 11.5. The maximum absolute atomic E-state index is 11.5. The second kappa shape index (κ2) is 7.43. The lowest BCUT2D eigenvalue weighted by atomic mass is 10.3. The van der Waals surface area contributed by atoms with Crippen molar-refractivity contribution in [2.24, 2.45) is 0 Å². The molecule has 0 aliphatic heterocycles. The highest BCUT2D eigenvalue weighted by Crippen LogP contribution is 1.98. The van der Waals surface area contributed by atoms with Gasteiger partial charge in [0.1, 0.15) is 0 Å². The lowest BCUT2D eigenvalue weighted by Gasteiger charge is -2.18. The van der Waals surface area contributed by atoms with Crippen LogP contribution in [0.25, 0.3) is 0 Å². The first kappa shape index (κ1) is 15.2. The van der Waals surface area contributed by atoms with Gasteiger partial charge in [0.25, 0.3) is 5.91 Å². The van der Waals surface area contributed by atoms with Crippen molar-refractivity contribution >= 4 is 17.8 Å². The summed E-state index contributed by atoms with van der Waals surface area (Å²) in [6, 6.07) is 0. The number of carboxylic acid groups (broad SMARTS) is 1. The molecule has 0 rings (SSSR count). The van der Waals surface area contributed by atoms with Crippen LogP contribution >= 0.6 is 0 Å². The summed E-state index contributed by atoms with van der Waals surface area (Å²) in [6.07, 6.45) is 0.740. The van der Waals surface area contributed by atoms with E-state index >= 15 is 0 Å². The highest BCUT2D eigenvalue weighted by Gasteiger charge is 2.13. The Hall–Kier alpha value is -1.85. The molecular formula is C11H17NO5. The molecule has 0 bridgehead atoms. The molecule has 1 N–H and O–H groups in total. The van der Waals surface area contributed by atoms with Crippen LogP contribution in [0, 0.1) is 0 Å². The van der Waals surface area contributed by atoms with Crippen molar-refractivity contribution in [3.63, 3.8) is 0 Å². The largest absolute Gasteiger partial charge is 0.478 e. The molecule has 0 aliphatic carbocycles. The summed E-state index contributed by atoms with van der Waals surface area (Å²) in [4.78, 5) is 34.5. The molecule has 0 fully saturated rings. The van der Waals surface area contributed by atoms with Crippen molar-refractivity contribution < 1.29 is 24.2 Å².